The maximum atomic E-state index is 13.0. The number of fused-ring (bicyclic) bond motifs is 1. The zero-order valence-electron chi connectivity index (χ0n) is 16.4. The number of hydrogen-bond donors (Lipinski definition) is 2. The first-order valence-electron chi connectivity index (χ1n) is 9.23. The van der Waals surface area contributed by atoms with Gasteiger partial charge in [-0.2, -0.15) is 4.37 Å². The second kappa shape index (κ2) is 7.43. The SMILES string of the molecule is COc1nscc1C(=O)N1CC(NC(=O)c2c[nH]c3ncncc23)CC(C)(C)C1. The molecular weight excluding hydrogens is 392 g/mol. The number of aromatic nitrogens is 4. The molecule has 152 valence electrons. The van der Waals surface area contributed by atoms with Crippen LogP contribution in [-0.2, 0) is 0 Å². The van der Waals surface area contributed by atoms with Gasteiger partial charge in [0.05, 0.1) is 12.7 Å². The number of ether oxygens (including phenoxy) is 1. The lowest BCUT2D eigenvalue weighted by molar-refractivity contribution is 0.0489. The number of nitrogens with one attached hydrogen (secondary N) is 2. The van der Waals surface area contributed by atoms with Gasteiger partial charge in [-0.05, 0) is 23.4 Å². The minimum absolute atomic E-state index is 0.136. The average Bonchev–Trinajstić information content (AvgIpc) is 3.32. The van der Waals surface area contributed by atoms with Gasteiger partial charge in [-0.1, -0.05) is 13.8 Å². The maximum Gasteiger partial charge on any atom is 0.260 e. The van der Waals surface area contributed by atoms with Crippen LogP contribution in [0.4, 0.5) is 0 Å². The summed E-state index contributed by atoms with van der Waals surface area (Å²) in [6.45, 7) is 5.20. The molecule has 2 N–H and O–H groups in total. The number of piperidine rings is 1. The van der Waals surface area contributed by atoms with E-state index in [9.17, 15) is 9.59 Å². The Morgan fingerprint density at radius 3 is 3.00 bits per heavy atom. The van der Waals surface area contributed by atoms with Crippen LogP contribution in [0.15, 0.2) is 24.1 Å². The van der Waals surface area contributed by atoms with Crippen molar-refractivity contribution in [1.82, 2.24) is 29.5 Å². The van der Waals surface area contributed by atoms with Crippen molar-refractivity contribution >= 4 is 34.4 Å². The summed E-state index contributed by atoms with van der Waals surface area (Å²) in [6, 6.07) is -0.178. The zero-order valence-corrected chi connectivity index (χ0v) is 17.2. The third-order valence-electron chi connectivity index (χ3n) is 5.04. The molecule has 1 aliphatic heterocycles. The molecule has 1 saturated heterocycles. The van der Waals surface area contributed by atoms with E-state index in [2.05, 4.69) is 38.5 Å². The van der Waals surface area contributed by atoms with Gasteiger partial charge < -0.3 is 19.9 Å². The highest BCUT2D eigenvalue weighted by Crippen LogP contribution is 2.31. The van der Waals surface area contributed by atoms with E-state index in [-0.39, 0.29) is 23.3 Å². The van der Waals surface area contributed by atoms with E-state index in [1.54, 1.807) is 22.7 Å². The van der Waals surface area contributed by atoms with Crippen LogP contribution in [-0.4, -0.2) is 62.3 Å². The lowest BCUT2D eigenvalue weighted by atomic mass is 9.81. The van der Waals surface area contributed by atoms with Crippen molar-refractivity contribution in [3.8, 4) is 5.88 Å². The second-order valence-electron chi connectivity index (χ2n) is 7.95. The predicted octanol–water partition coefficient (Wildman–Crippen LogP) is 2.09. The molecule has 1 unspecified atom stereocenters. The van der Waals surface area contributed by atoms with Crippen LogP contribution in [0.1, 0.15) is 41.0 Å². The van der Waals surface area contributed by atoms with Gasteiger partial charge in [0.15, 0.2) is 0 Å². The smallest absolute Gasteiger partial charge is 0.260 e. The van der Waals surface area contributed by atoms with E-state index in [1.807, 2.05) is 0 Å². The highest BCUT2D eigenvalue weighted by molar-refractivity contribution is 7.04. The predicted molar refractivity (Wildman–Crippen MR) is 108 cm³/mol. The number of nitrogens with zero attached hydrogens (tertiary/aromatic N) is 4. The second-order valence-corrected chi connectivity index (χ2v) is 8.58. The summed E-state index contributed by atoms with van der Waals surface area (Å²) in [6.07, 6.45) is 5.44. The Balaban J connectivity index is 1.53. The fourth-order valence-electron chi connectivity index (χ4n) is 3.89. The molecule has 1 fully saturated rings. The summed E-state index contributed by atoms with van der Waals surface area (Å²) < 4.78 is 9.30. The summed E-state index contributed by atoms with van der Waals surface area (Å²) in [5, 5.41) is 5.44. The first-order valence-corrected chi connectivity index (χ1v) is 10.1. The van der Waals surface area contributed by atoms with E-state index in [4.69, 9.17) is 4.74 Å². The zero-order chi connectivity index (χ0) is 20.6. The molecule has 29 heavy (non-hydrogen) atoms. The van der Waals surface area contributed by atoms with Crippen LogP contribution in [0.5, 0.6) is 5.88 Å². The van der Waals surface area contributed by atoms with Gasteiger partial charge in [-0.25, -0.2) is 9.97 Å². The Kier molecular flexibility index (Phi) is 4.95. The minimum Gasteiger partial charge on any atom is -0.480 e. The molecule has 1 aliphatic rings. The van der Waals surface area contributed by atoms with Crippen LogP contribution in [0, 0.1) is 5.41 Å². The molecule has 10 heteroatoms. The molecule has 3 aromatic heterocycles. The van der Waals surface area contributed by atoms with Crippen molar-refractivity contribution < 1.29 is 14.3 Å². The van der Waals surface area contributed by atoms with Crippen LogP contribution in [0.2, 0.25) is 0 Å². The Morgan fingerprint density at radius 2 is 2.21 bits per heavy atom. The monoisotopic (exact) mass is 414 g/mol. The summed E-state index contributed by atoms with van der Waals surface area (Å²) in [7, 11) is 1.50. The molecular formula is C19H22N6O3S. The minimum atomic E-state index is -0.212. The molecule has 0 spiro atoms. The quantitative estimate of drug-likeness (QED) is 0.676. The van der Waals surface area contributed by atoms with Crippen LogP contribution >= 0.6 is 11.5 Å². The lowest BCUT2D eigenvalue weighted by Gasteiger charge is -2.42. The van der Waals surface area contributed by atoms with Gasteiger partial charge in [-0.15, -0.1) is 0 Å². The number of carbonyl (C=O) groups is 2. The summed E-state index contributed by atoms with van der Waals surface area (Å²) in [5.74, 6) is -0.0122. The first-order chi connectivity index (χ1) is 13.9. The Bertz CT molecular complexity index is 1060. The molecule has 4 rings (SSSR count). The Labute approximate surface area is 171 Å². The Morgan fingerprint density at radius 1 is 1.38 bits per heavy atom. The van der Waals surface area contributed by atoms with E-state index < -0.39 is 0 Å². The fourth-order valence-corrected chi connectivity index (χ4v) is 4.52. The molecule has 0 saturated carbocycles. The van der Waals surface area contributed by atoms with Crippen LogP contribution in [0.25, 0.3) is 11.0 Å². The third kappa shape index (κ3) is 3.80. The Hall–Kier alpha value is -3.01. The van der Waals surface area contributed by atoms with E-state index in [0.29, 0.717) is 41.1 Å². The number of likely N-dealkylation sites (tertiary alicyclic amines) is 1. The molecule has 0 radical (unpaired) electrons. The third-order valence-corrected chi connectivity index (χ3v) is 5.65. The lowest BCUT2D eigenvalue weighted by Crippen LogP contribution is -2.55. The molecule has 9 nitrogen and oxygen atoms in total. The number of aromatic amines is 1. The van der Waals surface area contributed by atoms with Crippen molar-refractivity contribution in [2.24, 2.45) is 5.41 Å². The first kappa shape index (κ1) is 19.3. The van der Waals surface area contributed by atoms with Gasteiger partial charge in [0.1, 0.15) is 17.5 Å². The molecule has 0 bridgehead atoms. The van der Waals surface area contributed by atoms with Gasteiger partial charge in [0.25, 0.3) is 11.8 Å². The van der Waals surface area contributed by atoms with Gasteiger partial charge in [0.2, 0.25) is 5.88 Å². The molecule has 0 aromatic carbocycles. The number of methoxy groups -OCH3 is 1. The van der Waals surface area contributed by atoms with E-state index >= 15 is 0 Å². The molecule has 1 atom stereocenters. The summed E-state index contributed by atoms with van der Waals surface area (Å²) in [5.41, 5.74) is 1.41. The highest BCUT2D eigenvalue weighted by atomic mass is 32.1. The molecule has 4 heterocycles. The molecule has 2 amide bonds. The van der Waals surface area contributed by atoms with Gasteiger partial charge >= 0.3 is 0 Å². The van der Waals surface area contributed by atoms with Gasteiger partial charge in [-0.3, -0.25) is 9.59 Å². The number of amides is 2. The van der Waals surface area contributed by atoms with Crippen molar-refractivity contribution in [2.75, 3.05) is 20.2 Å². The molecule has 3 aromatic rings. The van der Waals surface area contributed by atoms with E-state index in [0.717, 1.165) is 6.42 Å². The summed E-state index contributed by atoms with van der Waals surface area (Å²) in [4.78, 5) is 38.8. The maximum absolute atomic E-state index is 13.0. The summed E-state index contributed by atoms with van der Waals surface area (Å²) >= 11 is 1.19. The topological polar surface area (TPSA) is 113 Å². The number of carbonyl (C=O) groups excluding carboxylic acids is 2. The number of hydrogen-bond acceptors (Lipinski definition) is 7. The highest BCUT2D eigenvalue weighted by Gasteiger charge is 2.37. The van der Waals surface area contributed by atoms with Crippen LogP contribution < -0.4 is 10.1 Å². The molecule has 0 aliphatic carbocycles. The van der Waals surface area contributed by atoms with E-state index in [1.165, 1.54) is 25.0 Å². The van der Waals surface area contributed by atoms with Crippen LogP contribution in [0.3, 0.4) is 0 Å². The van der Waals surface area contributed by atoms with Crippen molar-refractivity contribution in [3.63, 3.8) is 0 Å². The number of rotatable bonds is 4. The van der Waals surface area contributed by atoms with Crippen molar-refractivity contribution in [1.29, 1.82) is 0 Å². The normalized spacial score (nSPS) is 18.6. The van der Waals surface area contributed by atoms with Gasteiger partial charge in [0, 0.05) is 42.3 Å². The fraction of sp³-hybridized carbons (Fsp3) is 0.421. The number of H-pyrrole nitrogens is 1. The standard InChI is InChI=1S/C19H22N6O3S/c1-19(2)4-11(7-25(9-19)18(27)14-8-29-24-17(14)28-3)23-16(26)13-6-21-15-12(13)5-20-10-22-15/h5-6,8,10-11H,4,7,9H2,1-3H3,(H,23,26)(H,20,21,22). The average molecular weight is 414 g/mol. The van der Waals surface area contributed by atoms with Crippen molar-refractivity contribution in [3.05, 3.63) is 35.2 Å². The van der Waals surface area contributed by atoms with Crippen molar-refractivity contribution in [2.45, 2.75) is 26.3 Å². The largest absolute Gasteiger partial charge is 0.480 e.